The SMILES string of the molecule is Cn1cc(/C(=N\O)C(F)(F)F)c2cc(C#N)ccc21. The Balaban J connectivity index is 2.78. The molecular weight excluding hydrogens is 259 g/mol. The highest BCUT2D eigenvalue weighted by molar-refractivity contribution is 6.13. The number of rotatable bonds is 1. The topological polar surface area (TPSA) is 61.3 Å². The van der Waals surface area contributed by atoms with Gasteiger partial charge in [0.25, 0.3) is 0 Å². The maximum absolute atomic E-state index is 12.8. The molecule has 2 aromatic rings. The van der Waals surface area contributed by atoms with Gasteiger partial charge in [-0.3, -0.25) is 0 Å². The average Bonchev–Trinajstić information content (AvgIpc) is 2.65. The van der Waals surface area contributed by atoms with Gasteiger partial charge in [-0.15, -0.1) is 0 Å². The minimum absolute atomic E-state index is 0.215. The van der Waals surface area contributed by atoms with Crippen molar-refractivity contribution in [3.63, 3.8) is 0 Å². The number of nitriles is 1. The second kappa shape index (κ2) is 4.31. The van der Waals surface area contributed by atoms with E-state index in [2.05, 4.69) is 5.16 Å². The Morgan fingerprint density at radius 3 is 2.63 bits per heavy atom. The summed E-state index contributed by atoms with van der Waals surface area (Å²) in [4.78, 5) is 0. The van der Waals surface area contributed by atoms with Gasteiger partial charge in [0, 0.05) is 29.7 Å². The van der Waals surface area contributed by atoms with Crippen molar-refractivity contribution in [2.45, 2.75) is 6.18 Å². The number of aromatic nitrogens is 1. The van der Waals surface area contributed by atoms with Crippen molar-refractivity contribution in [1.82, 2.24) is 4.57 Å². The molecule has 0 radical (unpaired) electrons. The first kappa shape index (κ1) is 13.0. The third kappa shape index (κ3) is 2.12. The number of alkyl halides is 3. The van der Waals surface area contributed by atoms with Crippen molar-refractivity contribution < 1.29 is 18.4 Å². The lowest BCUT2D eigenvalue weighted by molar-refractivity contribution is -0.0600. The number of hydrogen-bond acceptors (Lipinski definition) is 3. The maximum Gasteiger partial charge on any atom is 0.437 e. The number of halogens is 3. The molecule has 7 heteroatoms. The number of oxime groups is 1. The third-order valence-corrected chi connectivity index (χ3v) is 2.74. The molecule has 0 fully saturated rings. The molecule has 0 atom stereocenters. The summed E-state index contributed by atoms with van der Waals surface area (Å²) in [5, 5.41) is 20.0. The Hall–Kier alpha value is -2.49. The molecule has 1 aromatic carbocycles. The van der Waals surface area contributed by atoms with Crippen molar-refractivity contribution in [3.8, 4) is 6.07 Å². The van der Waals surface area contributed by atoms with E-state index >= 15 is 0 Å². The number of aryl methyl sites for hydroxylation is 1. The minimum Gasteiger partial charge on any atom is -0.410 e. The Morgan fingerprint density at radius 2 is 2.11 bits per heavy atom. The molecule has 1 N–H and O–H groups in total. The lowest BCUT2D eigenvalue weighted by atomic mass is 10.1. The predicted molar refractivity (Wildman–Crippen MR) is 62.0 cm³/mol. The second-order valence-corrected chi connectivity index (χ2v) is 3.94. The van der Waals surface area contributed by atoms with Crippen LogP contribution < -0.4 is 0 Å². The van der Waals surface area contributed by atoms with Crippen LogP contribution in [0.3, 0.4) is 0 Å². The first-order chi connectivity index (χ1) is 8.88. The monoisotopic (exact) mass is 267 g/mol. The summed E-state index contributed by atoms with van der Waals surface area (Å²) in [6, 6.07) is 6.25. The molecule has 98 valence electrons. The van der Waals surface area contributed by atoms with Crippen LogP contribution in [0.25, 0.3) is 10.9 Å². The van der Waals surface area contributed by atoms with Gasteiger partial charge >= 0.3 is 6.18 Å². The third-order valence-electron chi connectivity index (χ3n) is 2.74. The molecule has 0 spiro atoms. The van der Waals surface area contributed by atoms with Crippen LogP contribution in [0.1, 0.15) is 11.1 Å². The van der Waals surface area contributed by atoms with Crippen LogP contribution in [0.5, 0.6) is 0 Å². The van der Waals surface area contributed by atoms with E-state index in [1.165, 1.54) is 22.9 Å². The fraction of sp³-hybridized carbons (Fsp3) is 0.167. The van der Waals surface area contributed by atoms with Gasteiger partial charge in [0.05, 0.1) is 11.6 Å². The Bertz CT molecular complexity index is 707. The summed E-state index contributed by atoms with van der Waals surface area (Å²) in [6.45, 7) is 0. The average molecular weight is 267 g/mol. The molecule has 2 rings (SSSR count). The summed E-state index contributed by atoms with van der Waals surface area (Å²) >= 11 is 0. The van der Waals surface area contributed by atoms with Crippen LogP contribution in [-0.2, 0) is 7.05 Å². The van der Waals surface area contributed by atoms with E-state index in [4.69, 9.17) is 10.5 Å². The van der Waals surface area contributed by atoms with E-state index < -0.39 is 11.9 Å². The van der Waals surface area contributed by atoms with Crippen molar-refractivity contribution in [1.29, 1.82) is 5.26 Å². The van der Waals surface area contributed by atoms with Gasteiger partial charge in [-0.1, -0.05) is 5.16 Å². The zero-order valence-electron chi connectivity index (χ0n) is 9.73. The Labute approximate surface area is 106 Å². The molecule has 0 amide bonds. The van der Waals surface area contributed by atoms with Crippen LogP contribution >= 0.6 is 0 Å². The van der Waals surface area contributed by atoms with E-state index in [1.807, 2.05) is 6.07 Å². The standard InChI is InChI=1S/C12H8F3N3O/c1-18-6-9(11(17-19)12(13,14)15)8-4-7(5-16)2-3-10(8)18/h2-4,6,19H,1H3/b17-11+. The van der Waals surface area contributed by atoms with Crippen LogP contribution in [0.2, 0.25) is 0 Å². The molecule has 0 aliphatic heterocycles. The highest BCUT2D eigenvalue weighted by Crippen LogP contribution is 2.29. The van der Waals surface area contributed by atoms with Gasteiger partial charge in [0.2, 0.25) is 0 Å². The summed E-state index contributed by atoms with van der Waals surface area (Å²) in [7, 11) is 1.57. The normalized spacial score (nSPS) is 12.7. The molecule has 0 aliphatic rings. The summed E-state index contributed by atoms with van der Waals surface area (Å²) < 4.78 is 39.8. The molecule has 0 unspecified atom stereocenters. The maximum atomic E-state index is 12.8. The van der Waals surface area contributed by atoms with Crippen molar-refractivity contribution in [2.75, 3.05) is 0 Å². The van der Waals surface area contributed by atoms with E-state index in [9.17, 15) is 13.2 Å². The molecule has 0 saturated heterocycles. The Kier molecular flexibility index (Phi) is 2.94. The van der Waals surface area contributed by atoms with Gasteiger partial charge in [0.1, 0.15) is 0 Å². The largest absolute Gasteiger partial charge is 0.437 e. The first-order valence-electron chi connectivity index (χ1n) is 5.17. The number of fused-ring (bicyclic) bond motifs is 1. The molecule has 19 heavy (non-hydrogen) atoms. The first-order valence-corrected chi connectivity index (χ1v) is 5.17. The minimum atomic E-state index is -4.77. The van der Waals surface area contributed by atoms with Gasteiger partial charge in [-0.05, 0) is 18.2 Å². The lowest BCUT2D eigenvalue weighted by Gasteiger charge is -2.07. The van der Waals surface area contributed by atoms with Crippen LogP contribution in [0, 0.1) is 11.3 Å². The fourth-order valence-electron chi connectivity index (χ4n) is 1.91. The Morgan fingerprint density at radius 1 is 1.42 bits per heavy atom. The van der Waals surface area contributed by atoms with Crippen LogP contribution in [0.4, 0.5) is 13.2 Å². The van der Waals surface area contributed by atoms with E-state index in [1.54, 1.807) is 13.1 Å². The van der Waals surface area contributed by atoms with E-state index in [0.29, 0.717) is 5.52 Å². The van der Waals surface area contributed by atoms with Gasteiger partial charge in [-0.25, -0.2) is 0 Å². The molecule has 0 bridgehead atoms. The molecule has 1 heterocycles. The zero-order chi connectivity index (χ0) is 14.2. The van der Waals surface area contributed by atoms with Crippen LogP contribution in [-0.4, -0.2) is 21.7 Å². The van der Waals surface area contributed by atoms with Crippen LogP contribution in [0.15, 0.2) is 29.6 Å². The van der Waals surface area contributed by atoms with Gasteiger partial charge in [0.15, 0.2) is 5.71 Å². The fourth-order valence-corrected chi connectivity index (χ4v) is 1.91. The number of nitrogens with zero attached hydrogens (tertiary/aromatic N) is 3. The smallest absolute Gasteiger partial charge is 0.410 e. The van der Waals surface area contributed by atoms with Crippen molar-refractivity contribution >= 4 is 16.6 Å². The van der Waals surface area contributed by atoms with Gasteiger partial charge < -0.3 is 9.77 Å². The molecule has 1 aromatic heterocycles. The highest BCUT2D eigenvalue weighted by Gasteiger charge is 2.39. The van der Waals surface area contributed by atoms with Crippen molar-refractivity contribution in [3.05, 3.63) is 35.5 Å². The molecule has 4 nitrogen and oxygen atoms in total. The van der Waals surface area contributed by atoms with Crippen molar-refractivity contribution in [2.24, 2.45) is 12.2 Å². The molecule has 0 aliphatic carbocycles. The highest BCUT2D eigenvalue weighted by atomic mass is 19.4. The summed E-state index contributed by atoms with van der Waals surface area (Å²) in [5.74, 6) is 0. The number of hydrogen-bond donors (Lipinski definition) is 1. The molecular formula is C12H8F3N3O. The van der Waals surface area contributed by atoms with E-state index in [0.717, 1.165) is 0 Å². The second-order valence-electron chi connectivity index (χ2n) is 3.94. The summed E-state index contributed by atoms with van der Waals surface area (Å²) in [6.07, 6.45) is -3.56. The number of benzene rings is 1. The lowest BCUT2D eigenvalue weighted by Crippen LogP contribution is -2.23. The quantitative estimate of drug-likeness (QED) is 0.490. The summed E-state index contributed by atoms with van der Waals surface area (Å²) in [5.41, 5.74) is -0.892. The molecule has 0 saturated carbocycles. The zero-order valence-corrected chi connectivity index (χ0v) is 9.73. The van der Waals surface area contributed by atoms with E-state index in [-0.39, 0.29) is 16.5 Å². The predicted octanol–water partition coefficient (Wildman–Crippen LogP) is 2.79. The van der Waals surface area contributed by atoms with Gasteiger partial charge in [-0.2, -0.15) is 18.4 Å².